The predicted molar refractivity (Wildman–Crippen MR) is 103 cm³/mol. The van der Waals surface area contributed by atoms with Crippen LogP contribution < -0.4 is 5.32 Å². The molecule has 1 aliphatic heterocycles. The number of nitrogens with zero attached hydrogens (tertiary/aromatic N) is 4. The second kappa shape index (κ2) is 9.21. The zero-order valence-electron chi connectivity index (χ0n) is 15.8. The number of likely N-dealkylation sites (N-methyl/N-ethyl adjacent to an activating group) is 1. The Bertz CT molecular complexity index is 736. The van der Waals surface area contributed by atoms with Crippen LogP contribution in [0.1, 0.15) is 35.2 Å². The summed E-state index contributed by atoms with van der Waals surface area (Å²) in [6.45, 7) is 3.44. The van der Waals surface area contributed by atoms with E-state index >= 15 is 0 Å². The number of amides is 3. The first-order chi connectivity index (χ1) is 13.1. The van der Waals surface area contributed by atoms with Crippen molar-refractivity contribution in [2.75, 3.05) is 26.7 Å². The smallest absolute Gasteiger partial charge is 0.317 e. The van der Waals surface area contributed by atoms with Gasteiger partial charge in [-0.25, -0.2) is 9.78 Å². The molecule has 2 aromatic rings. The highest BCUT2D eigenvalue weighted by atomic mass is 16.2. The molecule has 0 unspecified atom stereocenters. The second-order valence-corrected chi connectivity index (χ2v) is 6.93. The van der Waals surface area contributed by atoms with Gasteiger partial charge in [-0.1, -0.05) is 12.1 Å². The minimum atomic E-state index is -0.122. The fraction of sp³-hybridized carbons (Fsp3) is 0.450. The van der Waals surface area contributed by atoms with E-state index in [0.29, 0.717) is 25.2 Å². The summed E-state index contributed by atoms with van der Waals surface area (Å²) in [5.74, 6) is 0.101. The molecule has 1 aliphatic rings. The highest BCUT2D eigenvalue weighted by molar-refractivity contribution is 5.94. The number of benzene rings is 1. The van der Waals surface area contributed by atoms with Crippen molar-refractivity contribution in [3.63, 3.8) is 0 Å². The van der Waals surface area contributed by atoms with Crippen LogP contribution in [-0.4, -0.2) is 58.0 Å². The predicted octanol–water partition coefficient (Wildman–Crippen LogP) is 2.35. The number of nitrogens with one attached hydrogen (secondary N) is 1. The van der Waals surface area contributed by atoms with Gasteiger partial charge in [-0.3, -0.25) is 4.79 Å². The molecule has 1 aromatic carbocycles. The highest BCUT2D eigenvalue weighted by Gasteiger charge is 2.17. The van der Waals surface area contributed by atoms with Crippen molar-refractivity contribution in [3.05, 3.63) is 54.1 Å². The third kappa shape index (κ3) is 5.32. The van der Waals surface area contributed by atoms with Gasteiger partial charge in [0.2, 0.25) is 0 Å². The van der Waals surface area contributed by atoms with Crippen LogP contribution in [-0.2, 0) is 13.1 Å². The van der Waals surface area contributed by atoms with Crippen LogP contribution in [0.25, 0.3) is 0 Å². The summed E-state index contributed by atoms with van der Waals surface area (Å²) in [5.41, 5.74) is 1.69. The van der Waals surface area contributed by atoms with E-state index in [1.54, 1.807) is 24.5 Å². The van der Waals surface area contributed by atoms with Crippen LogP contribution in [0, 0.1) is 0 Å². The maximum atomic E-state index is 12.5. The topological polar surface area (TPSA) is 70.5 Å². The highest BCUT2D eigenvalue weighted by Crippen LogP contribution is 2.14. The molecule has 1 fully saturated rings. The molecule has 1 N–H and O–H groups in total. The summed E-state index contributed by atoms with van der Waals surface area (Å²) < 4.78 is 1.93. The molecule has 7 heteroatoms. The first-order valence-corrected chi connectivity index (χ1v) is 9.46. The lowest BCUT2D eigenvalue weighted by atomic mass is 10.1. The molecule has 0 radical (unpaired) electrons. The maximum Gasteiger partial charge on any atom is 0.317 e. The quantitative estimate of drug-likeness (QED) is 0.850. The maximum absolute atomic E-state index is 12.5. The number of likely N-dealkylation sites (tertiary alicyclic amines) is 1. The minimum Gasteiger partial charge on any atom is -0.339 e. The number of hydrogen-bond donors (Lipinski definition) is 1. The molecule has 1 aromatic heterocycles. The number of carbonyl (C=O) groups excluding carboxylic acids is 2. The Kier molecular flexibility index (Phi) is 6.46. The van der Waals surface area contributed by atoms with Crippen molar-refractivity contribution >= 4 is 11.9 Å². The van der Waals surface area contributed by atoms with Gasteiger partial charge in [0.05, 0.1) is 6.33 Å². The number of rotatable bonds is 6. The Labute approximate surface area is 160 Å². The number of urea groups is 1. The molecule has 0 spiro atoms. The zero-order chi connectivity index (χ0) is 19.1. The lowest BCUT2D eigenvalue weighted by Crippen LogP contribution is -2.38. The summed E-state index contributed by atoms with van der Waals surface area (Å²) in [6.07, 6.45) is 8.71. The van der Waals surface area contributed by atoms with Gasteiger partial charge in [0, 0.05) is 57.7 Å². The van der Waals surface area contributed by atoms with E-state index in [-0.39, 0.29) is 11.9 Å². The molecular weight excluding hydrogens is 342 g/mol. The fourth-order valence-electron chi connectivity index (χ4n) is 3.14. The van der Waals surface area contributed by atoms with E-state index in [1.807, 2.05) is 39.9 Å². The fourth-order valence-corrected chi connectivity index (χ4v) is 3.14. The third-order valence-corrected chi connectivity index (χ3v) is 4.89. The Balaban J connectivity index is 1.45. The van der Waals surface area contributed by atoms with Crippen molar-refractivity contribution in [1.29, 1.82) is 0 Å². The van der Waals surface area contributed by atoms with Gasteiger partial charge in [0.1, 0.15) is 0 Å². The van der Waals surface area contributed by atoms with Crippen LogP contribution in [0.2, 0.25) is 0 Å². The number of carbonyl (C=O) groups is 2. The molecule has 0 aliphatic carbocycles. The van der Waals surface area contributed by atoms with Crippen molar-refractivity contribution in [2.45, 2.75) is 32.4 Å². The van der Waals surface area contributed by atoms with E-state index in [0.717, 1.165) is 31.5 Å². The summed E-state index contributed by atoms with van der Waals surface area (Å²) in [4.78, 5) is 32.2. The van der Waals surface area contributed by atoms with Crippen LogP contribution in [0.3, 0.4) is 0 Å². The van der Waals surface area contributed by atoms with Crippen LogP contribution in [0.5, 0.6) is 0 Å². The Morgan fingerprint density at radius 2 is 1.89 bits per heavy atom. The van der Waals surface area contributed by atoms with Gasteiger partial charge in [-0.15, -0.1) is 0 Å². The zero-order valence-corrected chi connectivity index (χ0v) is 15.8. The van der Waals surface area contributed by atoms with Crippen LogP contribution >= 0.6 is 0 Å². The SMILES string of the molecule is CN(CCn1ccnc1)C(=O)NCc1ccc(C(=O)N2CCCCC2)cc1. The van der Waals surface area contributed by atoms with Gasteiger partial charge in [0.15, 0.2) is 0 Å². The van der Waals surface area contributed by atoms with E-state index in [1.165, 1.54) is 6.42 Å². The van der Waals surface area contributed by atoms with E-state index in [4.69, 9.17) is 0 Å². The van der Waals surface area contributed by atoms with Gasteiger partial charge >= 0.3 is 6.03 Å². The molecule has 144 valence electrons. The van der Waals surface area contributed by atoms with Crippen molar-refractivity contribution in [3.8, 4) is 0 Å². The van der Waals surface area contributed by atoms with E-state index in [2.05, 4.69) is 10.3 Å². The van der Waals surface area contributed by atoms with E-state index < -0.39 is 0 Å². The molecule has 2 heterocycles. The average Bonchev–Trinajstić information content (AvgIpc) is 3.24. The molecular formula is C20H27N5O2. The lowest BCUT2D eigenvalue weighted by Gasteiger charge is -2.26. The average molecular weight is 369 g/mol. The monoisotopic (exact) mass is 369 g/mol. The van der Waals surface area contributed by atoms with Gasteiger partial charge < -0.3 is 19.7 Å². The summed E-state index contributed by atoms with van der Waals surface area (Å²) in [6, 6.07) is 7.39. The number of aromatic nitrogens is 2. The lowest BCUT2D eigenvalue weighted by molar-refractivity contribution is 0.0724. The molecule has 1 saturated heterocycles. The standard InChI is InChI=1S/C20H27N5O2/c1-23(13-14-24-12-9-21-16-24)20(27)22-15-17-5-7-18(8-6-17)19(26)25-10-3-2-4-11-25/h5-9,12,16H,2-4,10-11,13-15H2,1H3,(H,22,27). The second-order valence-electron chi connectivity index (χ2n) is 6.93. The van der Waals surface area contributed by atoms with Crippen molar-refractivity contribution in [1.82, 2.24) is 24.7 Å². The van der Waals surface area contributed by atoms with Gasteiger partial charge in [-0.05, 0) is 37.0 Å². The molecule has 0 atom stereocenters. The number of hydrogen-bond acceptors (Lipinski definition) is 3. The Morgan fingerprint density at radius 3 is 2.56 bits per heavy atom. The molecule has 0 bridgehead atoms. The van der Waals surface area contributed by atoms with Crippen molar-refractivity contribution < 1.29 is 9.59 Å². The Morgan fingerprint density at radius 1 is 1.15 bits per heavy atom. The summed E-state index contributed by atoms with van der Waals surface area (Å²) in [7, 11) is 1.77. The molecule has 27 heavy (non-hydrogen) atoms. The largest absolute Gasteiger partial charge is 0.339 e. The van der Waals surface area contributed by atoms with E-state index in [9.17, 15) is 9.59 Å². The first kappa shape index (κ1) is 18.9. The molecule has 3 amide bonds. The normalized spacial score (nSPS) is 14.0. The first-order valence-electron chi connectivity index (χ1n) is 9.46. The van der Waals surface area contributed by atoms with Gasteiger partial charge in [0.25, 0.3) is 5.91 Å². The summed E-state index contributed by atoms with van der Waals surface area (Å²) >= 11 is 0. The van der Waals surface area contributed by atoms with Gasteiger partial charge in [-0.2, -0.15) is 0 Å². The van der Waals surface area contributed by atoms with Crippen molar-refractivity contribution in [2.24, 2.45) is 0 Å². The molecule has 7 nitrogen and oxygen atoms in total. The minimum absolute atomic E-state index is 0.101. The third-order valence-electron chi connectivity index (χ3n) is 4.89. The summed E-state index contributed by atoms with van der Waals surface area (Å²) in [5, 5.41) is 2.91. The number of piperidine rings is 1. The Hall–Kier alpha value is -2.83. The van der Waals surface area contributed by atoms with Crippen LogP contribution in [0.15, 0.2) is 43.0 Å². The molecule has 0 saturated carbocycles. The van der Waals surface area contributed by atoms with Crippen LogP contribution in [0.4, 0.5) is 4.79 Å². The number of imidazole rings is 1. The molecule has 3 rings (SSSR count).